The van der Waals surface area contributed by atoms with E-state index in [1.54, 1.807) is 12.1 Å². The highest BCUT2D eigenvalue weighted by Crippen LogP contribution is 2.29. The van der Waals surface area contributed by atoms with Gasteiger partial charge in [0.15, 0.2) is 0 Å². The van der Waals surface area contributed by atoms with E-state index in [9.17, 15) is 4.39 Å². The Morgan fingerprint density at radius 3 is 2.47 bits per heavy atom. The number of hydrogen-bond acceptors (Lipinski definition) is 1. The number of nitrogens with two attached hydrogens (primary N) is 1. The van der Waals surface area contributed by atoms with Gasteiger partial charge < -0.3 is 5.73 Å². The molecule has 1 aromatic rings. The molecule has 0 saturated carbocycles. The average molecular weight is 258 g/mol. The zero-order valence-electron chi connectivity index (χ0n) is 10.7. The van der Waals surface area contributed by atoms with Crippen LogP contribution in [0, 0.1) is 17.7 Å². The average Bonchev–Trinajstić information content (AvgIpc) is 2.20. The third-order valence-corrected chi connectivity index (χ3v) is 3.31. The molecule has 2 unspecified atom stereocenters. The van der Waals surface area contributed by atoms with E-state index in [0.29, 0.717) is 17.4 Å². The summed E-state index contributed by atoms with van der Waals surface area (Å²) in [4.78, 5) is 0. The lowest BCUT2D eigenvalue weighted by molar-refractivity contribution is 0.387. The van der Waals surface area contributed by atoms with Crippen LogP contribution in [0.4, 0.5) is 4.39 Å². The molecule has 0 saturated heterocycles. The van der Waals surface area contributed by atoms with Crippen LogP contribution in [0.15, 0.2) is 18.2 Å². The van der Waals surface area contributed by atoms with Crippen LogP contribution in [0.1, 0.15) is 45.2 Å². The third kappa shape index (κ3) is 4.29. The van der Waals surface area contributed by atoms with Crippen molar-refractivity contribution in [3.05, 3.63) is 34.6 Å². The largest absolute Gasteiger partial charge is 0.324 e. The van der Waals surface area contributed by atoms with Crippen LogP contribution >= 0.6 is 11.6 Å². The molecule has 2 N–H and O–H groups in total. The molecule has 0 aromatic heterocycles. The van der Waals surface area contributed by atoms with Crippen molar-refractivity contribution in [2.45, 2.75) is 39.7 Å². The monoisotopic (exact) mass is 257 g/mol. The topological polar surface area (TPSA) is 26.0 Å². The lowest BCUT2D eigenvalue weighted by Crippen LogP contribution is -2.16. The van der Waals surface area contributed by atoms with Gasteiger partial charge in [-0.2, -0.15) is 0 Å². The molecule has 1 rings (SSSR count). The quantitative estimate of drug-likeness (QED) is 0.823. The van der Waals surface area contributed by atoms with Crippen molar-refractivity contribution in [2.75, 3.05) is 0 Å². The Bertz CT molecular complexity index is 365. The molecule has 0 aliphatic rings. The van der Waals surface area contributed by atoms with E-state index in [-0.39, 0.29) is 11.1 Å². The summed E-state index contributed by atoms with van der Waals surface area (Å²) in [6.07, 6.45) is 1.96. The Morgan fingerprint density at radius 2 is 1.88 bits per heavy atom. The minimum Gasteiger partial charge on any atom is -0.324 e. The minimum atomic E-state index is -0.392. The molecule has 0 aliphatic heterocycles. The van der Waals surface area contributed by atoms with Gasteiger partial charge in [0.25, 0.3) is 0 Å². The van der Waals surface area contributed by atoms with E-state index in [1.165, 1.54) is 6.07 Å². The summed E-state index contributed by atoms with van der Waals surface area (Å²) in [6, 6.07) is 4.63. The SMILES string of the molecule is CC(C)CC(C)CC(N)c1cccc(F)c1Cl. The van der Waals surface area contributed by atoms with Crippen molar-refractivity contribution in [3.8, 4) is 0 Å². The molecule has 1 nitrogen and oxygen atoms in total. The van der Waals surface area contributed by atoms with Gasteiger partial charge >= 0.3 is 0 Å². The fourth-order valence-electron chi connectivity index (χ4n) is 2.27. The smallest absolute Gasteiger partial charge is 0.142 e. The third-order valence-electron chi connectivity index (χ3n) is 2.91. The molecule has 0 heterocycles. The Balaban J connectivity index is 2.69. The van der Waals surface area contributed by atoms with E-state index in [4.69, 9.17) is 17.3 Å². The van der Waals surface area contributed by atoms with Crippen LogP contribution in [0.3, 0.4) is 0 Å². The predicted molar refractivity (Wildman–Crippen MR) is 71.6 cm³/mol. The number of benzene rings is 1. The number of hydrogen-bond donors (Lipinski definition) is 1. The second-order valence-corrected chi connectivity index (χ2v) is 5.60. The Morgan fingerprint density at radius 1 is 1.24 bits per heavy atom. The highest BCUT2D eigenvalue weighted by atomic mass is 35.5. The molecule has 96 valence electrons. The van der Waals surface area contributed by atoms with Crippen molar-refractivity contribution in [1.29, 1.82) is 0 Å². The number of halogens is 2. The van der Waals surface area contributed by atoms with Crippen LogP contribution in [0.2, 0.25) is 5.02 Å². The van der Waals surface area contributed by atoms with Gasteiger partial charge in [0, 0.05) is 6.04 Å². The maximum atomic E-state index is 13.3. The van der Waals surface area contributed by atoms with Crippen molar-refractivity contribution < 1.29 is 4.39 Å². The van der Waals surface area contributed by atoms with Crippen LogP contribution in [0.5, 0.6) is 0 Å². The van der Waals surface area contributed by atoms with Crippen molar-refractivity contribution >= 4 is 11.6 Å². The summed E-state index contributed by atoms with van der Waals surface area (Å²) in [7, 11) is 0. The van der Waals surface area contributed by atoms with Crippen LogP contribution in [-0.2, 0) is 0 Å². The van der Waals surface area contributed by atoms with Crippen LogP contribution in [-0.4, -0.2) is 0 Å². The van der Waals surface area contributed by atoms with E-state index >= 15 is 0 Å². The fourth-order valence-corrected chi connectivity index (χ4v) is 2.53. The fraction of sp³-hybridized carbons (Fsp3) is 0.571. The summed E-state index contributed by atoms with van der Waals surface area (Å²) in [6.45, 7) is 6.56. The van der Waals surface area contributed by atoms with E-state index in [2.05, 4.69) is 20.8 Å². The first-order valence-electron chi connectivity index (χ1n) is 6.11. The van der Waals surface area contributed by atoms with Crippen molar-refractivity contribution in [1.82, 2.24) is 0 Å². The second kappa shape index (κ2) is 6.36. The predicted octanol–water partition coefficient (Wildman–Crippen LogP) is 4.55. The first-order chi connectivity index (χ1) is 7.91. The van der Waals surface area contributed by atoms with Crippen molar-refractivity contribution in [2.24, 2.45) is 17.6 Å². The number of rotatable bonds is 5. The molecule has 0 amide bonds. The zero-order valence-corrected chi connectivity index (χ0v) is 11.5. The standard InChI is InChI=1S/C14H21ClFN/c1-9(2)7-10(3)8-13(17)11-5-4-6-12(16)14(11)15/h4-6,9-10,13H,7-8,17H2,1-3H3. The summed E-state index contributed by atoms with van der Waals surface area (Å²) in [5, 5.41) is 0.164. The van der Waals surface area contributed by atoms with Gasteiger partial charge in [-0.3, -0.25) is 0 Å². The van der Waals surface area contributed by atoms with Gasteiger partial charge in [0.2, 0.25) is 0 Å². The Kier molecular flexibility index (Phi) is 5.41. The Hall–Kier alpha value is -0.600. The first kappa shape index (κ1) is 14.5. The molecule has 3 heteroatoms. The lowest BCUT2D eigenvalue weighted by atomic mass is 9.90. The summed E-state index contributed by atoms with van der Waals surface area (Å²) in [5.74, 6) is 0.778. The maximum absolute atomic E-state index is 13.3. The molecule has 1 aromatic carbocycles. The van der Waals surface area contributed by atoms with E-state index < -0.39 is 5.82 Å². The maximum Gasteiger partial charge on any atom is 0.142 e. The molecule has 0 fully saturated rings. The molecule has 17 heavy (non-hydrogen) atoms. The Labute approximate surface area is 108 Å². The van der Waals surface area contributed by atoms with Crippen molar-refractivity contribution in [3.63, 3.8) is 0 Å². The van der Waals surface area contributed by atoms with Gasteiger partial charge in [-0.05, 0) is 36.3 Å². The van der Waals surface area contributed by atoms with Gasteiger partial charge in [0.1, 0.15) is 5.82 Å². The van der Waals surface area contributed by atoms with Crippen LogP contribution < -0.4 is 5.73 Å². The molecular weight excluding hydrogens is 237 g/mol. The summed E-state index contributed by atoms with van der Waals surface area (Å²) >= 11 is 5.92. The second-order valence-electron chi connectivity index (χ2n) is 5.22. The summed E-state index contributed by atoms with van der Waals surface area (Å²) in [5.41, 5.74) is 6.80. The lowest BCUT2D eigenvalue weighted by Gasteiger charge is -2.20. The van der Waals surface area contributed by atoms with E-state index in [0.717, 1.165) is 12.8 Å². The van der Waals surface area contributed by atoms with Gasteiger partial charge in [-0.1, -0.05) is 44.5 Å². The molecule has 0 radical (unpaired) electrons. The minimum absolute atomic E-state index is 0.164. The molecule has 0 bridgehead atoms. The van der Waals surface area contributed by atoms with Crippen LogP contribution in [0.25, 0.3) is 0 Å². The van der Waals surface area contributed by atoms with Gasteiger partial charge in [-0.25, -0.2) is 4.39 Å². The molecule has 2 atom stereocenters. The highest BCUT2D eigenvalue weighted by Gasteiger charge is 2.16. The molecule has 0 spiro atoms. The zero-order chi connectivity index (χ0) is 13.0. The first-order valence-corrected chi connectivity index (χ1v) is 6.49. The highest BCUT2D eigenvalue weighted by molar-refractivity contribution is 6.31. The van der Waals surface area contributed by atoms with Gasteiger partial charge in [-0.15, -0.1) is 0 Å². The van der Waals surface area contributed by atoms with Gasteiger partial charge in [0.05, 0.1) is 5.02 Å². The van der Waals surface area contributed by atoms with E-state index in [1.807, 2.05) is 0 Å². The molecular formula is C14H21ClFN. The molecule has 0 aliphatic carbocycles. The summed E-state index contributed by atoms with van der Waals surface area (Å²) < 4.78 is 13.3. The normalized spacial score (nSPS) is 15.0.